The lowest BCUT2D eigenvalue weighted by Gasteiger charge is -2.16. The van der Waals surface area contributed by atoms with E-state index in [2.05, 4.69) is 15.4 Å². The molecule has 2 rings (SSSR count). The van der Waals surface area contributed by atoms with Gasteiger partial charge in [-0.05, 0) is 31.9 Å². The summed E-state index contributed by atoms with van der Waals surface area (Å²) in [7, 11) is 1.76. The summed E-state index contributed by atoms with van der Waals surface area (Å²) in [5, 5.41) is 7.49. The van der Waals surface area contributed by atoms with Gasteiger partial charge in [0.05, 0.1) is 22.5 Å². The van der Waals surface area contributed by atoms with Crippen molar-refractivity contribution in [1.29, 1.82) is 0 Å². The number of amides is 1. The largest absolute Gasteiger partial charge is 0.342 e. The average molecular weight is 307 g/mol. The molecule has 0 aliphatic carbocycles. The molecule has 0 aliphatic rings. The SMILES string of the molecule is CC[C@H](NC(=O)c1nn(C)c(C)c1Cl)c1ccc(C)cn1. The normalized spacial score (nSPS) is 12.2. The molecule has 1 atom stereocenters. The van der Waals surface area contributed by atoms with E-state index in [4.69, 9.17) is 11.6 Å². The zero-order valence-corrected chi connectivity index (χ0v) is 13.4. The van der Waals surface area contributed by atoms with Gasteiger partial charge in [0.1, 0.15) is 0 Å². The molecule has 0 saturated carbocycles. The van der Waals surface area contributed by atoms with E-state index in [0.29, 0.717) is 5.02 Å². The van der Waals surface area contributed by atoms with Crippen molar-refractivity contribution in [3.8, 4) is 0 Å². The van der Waals surface area contributed by atoms with E-state index < -0.39 is 0 Å². The molecule has 0 aliphatic heterocycles. The number of halogens is 1. The molecule has 0 spiro atoms. The summed E-state index contributed by atoms with van der Waals surface area (Å²) in [4.78, 5) is 16.7. The molecule has 0 bridgehead atoms. The highest BCUT2D eigenvalue weighted by molar-refractivity contribution is 6.34. The second-order valence-corrected chi connectivity index (χ2v) is 5.44. The van der Waals surface area contributed by atoms with Gasteiger partial charge < -0.3 is 5.32 Å². The Morgan fingerprint density at radius 2 is 2.14 bits per heavy atom. The maximum atomic E-state index is 12.3. The number of pyridine rings is 1. The molecule has 112 valence electrons. The van der Waals surface area contributed by atoms with Crippen LogP contribution < -0.4 is 5.32 Å². The molecule has 5 nitrogen and oxygen atoms in total. The van der Waals surface area contributed by atoms with Gasteiger partial charge in [0.2, 0.25) is 0 Å². The number of aromatic nitrogens is 3. The fourth-order valence-electron chi connectivity index (χ4n) is 2.02. The maximum Gasteiger partial charge on any atom is 0.273 e. The third kappa shape index (κ3) is 3.24. The van der Waals surface area contributed by atoms with Crippen molar-refractivity contribution < 1.29 is 4.79 Å². The van der Waals surface area contributed by atoms with E-state index in [1.807, 2.05) is 32.9 Å². The van der Waals surface area contributed by atoms with Crippen molar-refractivity contribution in [2.45, 2.75) is 33.2 Å². The first-order valence-corrected chi connectivity index (χ1v) is 7.24. The summed E-state index contributed by atoms with van der Waals surface area (Å²) < 4.78 is 1.60. The zero-order chi connectivity index (χ0) is 15.6. The van der Waals surface area contributed by atoms with Gasteiger partial charge in [-0.15, -0.1) is 0 Å². The third-order valence-corrected chi connectivity index (χ3v) is 3.93. The van der Waals surface area contributed by atoms with Gasteiger partial charge in [-0.3, -0.25) is 14.5 Å². The van der Waals surface area contributed by atoms with Crippen LogP contribution in [-0.2, 0) is 7.05 Å². The molecular weight excluding hydrogens is 288 g/mol. The number of hydrogen-bond donors (Lipinski definition) is 1. The predicted octanol–water partition coefficient (Wildman–Crippen LogP) is 2.97. The molecule has 1 N–H and O–H groups in total. The van der Waals surface area contributed by atoms with Crippen LogP contribution in [0.1, 0.15) is 46.8 Å². The molecule has 0 radical (unpaired) electrons. The number of nitrogens with zero attached hydrogens (tertiary/aromatic N) is 3. The van der Waals surface area contributed by atoms with Crippen molar-refractivity contribution in [3.63, 3.8) is 0 Å². The van der Waals surface area contributed by atoms with Gasteiger partial charge in [-0.25, -0.2) is 0 Å². The second kappa shape index (κ2) is 6.26. The van der Waals surface area contributed by atoms with E-state index in [1.165, 1.54) is 0 Å². The average Bonchev–Trinajstić information content (AvgIpc) is 2.73. The summed E-state index contributed by atoms with van der Waals surface area (Å²) in [6, 6.07) is 3.75. The molecule has 21 heavy (non-hydrogen) atoms. The minimum atomic E-state index is -0.280. The van der Waals surface area contributed by atoms with E-state index in [0.717, 1.165) is 23.4 Å². The van der Waals surface area contributed by atoms with Crippen LogP contribution in [0, 0.1) is 13.8 Å². The zero-order valence-electron chi connectivity index (χ0n) is 12.6. The van der Waals surface area contributed by atoms with Gasteiger partial charge >= 0.3 is 0 Å². The Labute approximate surface area is 129 Å². The first-order chi connectivity index (χ1) is 9.93. The molecular formula is C15H19ClN4O. The van der Waals surface area contributed by atoms with Crippen LogP contribution in [0.25, 0.3) is 0 Å². The predicted molar refractivity (Wildman–Crippen MR) is 82.4 cm³/mol. The maximum absolute atomic E-state index is 12.3. The Balaban J connectivity index is 2.20. The summed E-state index contributed by atoms with van der Waals surface area (Å²) >= 11 is 6.14. The Morgan fingerprint density at radius 3 is 2.62 bits per heavy atom. The lowest BCUT2D eigenvalue weighted by atomic mass is 10.1. The van der Waals surface area contributed by atoms with Crippen LogP contribution in [0.5, 0.6) is 0 Å². The first-order valence-electron chi connectivity index (χ1n) is 6.86. The number of hydrogen-bond acceptors (Lipinski definition) is 3. The van der Waals surface area contributed by atoms with Crippen molar-refractivity contribution in [2.24, 2.45) is 7.05 Å². The van der Waals surface area contributed by atoms with Crippen LogP contribution in [0.2, 0.25) is 5.02 Å². The Hall–Kier alpha value is -1.88. The number of rotatable bonds is 4. The Kier molecular flexibility index (Phi) is 4.63. The quantitative estimate of drug-likeness (QED) is 0.944. The summed E-state index contributed by atoms with van der Waals surface area (Å²) in [6.45, 7) is 5.80. The highest BCUT2D eigenvalue weighted by Crippen LogP contribution is 2.21. The van der Waals surface area contributed by atoms with E-state index in [1.54, 1.807) is 17.9 Å². The van der Waals surface area contributed by atoms with Gasteiger partial charge in [0, 0.05) is 13.2 Å². The Morgan fingerprint density at radius 1 is 1.43 bits per heavy atom. The number of carbonyl (C=O) groups excluding carboxylic acids is 1. The Bertz CT molecular complexity index is 648. The lowest BCUT2D eigenvalue weighted by Crippen LogP contribution is -2.29. The summed E-state index contributed by atoms with van der Waals surface area (Å²) in [6.07, 6.45) is 2.53. The van der Waals surface area contributed by atoms with E-state index in [-0.39, 0.29) is 17.6 Å². The van der Waals surface area contributed by atoms with E-state index >= 15 is 0 Å². The van der Waals surface area contributed by atoms with E-state index in [9.17, 15) is 4.79 Å². The van der Waals surface area contributed by atoms with Gasteiger partial charge in [0.15, 0.2) is 5.69 Å². The lowest BCUT2D eigenvalue weighted by molar-refractivity contribution is 0.0929. The monoisotopic (exact) mass is 306 g/mol. The molecule has 2 heterocycles. The topological polar surface area (TPSA) is 59.8 Å². The van der Waals surface area contributed by atoms with Crippen LogP contribution >= 0.6 is 11.6 Å². The standard InChI is InChI=1S/C15H19ClN4O/c1-5-11(12-7-6-9(2)8-17-12)18-15(21)14-13(16)10(3)20(4)19-14/h6-8,11H,5H2,1-4H3,(H,18,21)/t11-/m0/s1. The fraction of sp³-hybridized carbons (Fsp3) is 0.400. The van der Waals surface area contributed by atoms with Crippen molar-refractivity contribution in [2.75, 3.05) is 0 Å². The number of carbonyl (C=O) groups is 1. The molecule has 1 amide bonds. The van der Waals surface area contributed by atoms with Crippen LogP contribution in [0.4, 0.5) is 0 Å². The van der Waals surface area contributed by atoms with Gasteiger partial charge in [0.25, 0.3) is 5.91 Å². The summed E-state index contributed by atoms with van der Waals surface area (Å²) in [5.41, 5.74) is 2.94. The minimum Gasteiger partial charge on any atom is -0.342 e. The van der Waals surface area contributed by atoms with Crippen LogP contribution in [0.15, 0.2) is 18.3 Å². The van der Waals surface area contributed by atoms with Crippen molar-refractivity contribution in [3.05, 3.63) is 46.0 Å². The molecule has 6 heteroatoms. The van der Waals surface area contributed by atoms with Gasteiger partial charge in [-0.1, -0.05) is 24.6 Å². The van der Waals surface area contributed by atoms with Crippen molar-refractivity contribution >= 4 is 17.5 Å². The van der Waals surface area contributed by atoms with Gasteiger partial charge in [-0.2, -0.15) is 5.10 Å². The molecule has 0 aromatic carbocycles. The van der Waals surface area contributed by atoms with Crippen molar-refractivity contribution in [1.82, 2.24) is 20.1 Å². The molecule has 0 unspecified atom stereocenters. The highest BCUT2D eigenvalue weighted by Gasteiger charge is 2.21. The van der Waals surface area contributed by atoms with Crippen LogP contribution in [0.3, 0.4) is 0 Å². The fourth-order valence-corrected chi connectivity index (χ4v) is 2.27. The first kappa shape index (κ1) is 15.5. The molecule has 2 aromatic heterocycles. The molecule has 0 saturated heterocycles. The molecule has 0 fully saturated rings. The highest BCUT2D eigenvalue weighted by atomic mass is 35.5. The minimum absolute atomic E-state index is 0.156. The molecule has 2 aromatic rings. The summed E-state index contributed by atoms with van der Waals surface area (Å²) in [5.74, 6) is -0.280. The second-order valence-electron chi connectivity index (χ2n) is 5.07. The number of aryl methyl sites for hydroxylation is 2. The van der Waals surface area contributed by atoms with Crippen LogP contribution in [-0.4, -0.2) is 20.7 Å². The third-order valence-electron chi connectivity index (χ3n) is 3.48. The smallest absolute Gasteiger partial charge is 0.273 e. The number of nitrogens with one attached hydrogen (secondary N) is 1.